The third kappa shape index (κ3) is 11.8. The van der Waals surface area contributed by atoms with E-state index in [2.05, 4.69) is 0 Å². The Hall–Kier alpha value is -1.68. The van der Waals surface area contributed by atoms with E-state index in [0.717, 1.165) is 5.56 Å². The van der Waals surface area contributed by atoms with Gasteiger partial charge in [-0.2, -0.15) is 0 Å². The van der Waals surface area contributed by atoms with Gasteiger partial charge in [0.1, 0.15) is 6.61 Å². The second kappa shape index (κ2) is 14.3. The lowest BCUT2D eigenvalue weighted by atomic mass is 10.2. The van der Waals surface area contributed by atoms with Gasteiger partial charge in [0.15, 0.2) is 9.84 Å². The first kappa shape index (κ1) is 25.4. The van der Waals surface area contributed by atoms with Crippen molar-refractivity contribution < 1.29 is 32.2 Å². The summed E-state index contributed by atoms with van der Waals surface area (Å²) in [7, 11) is -0.0544. The van der Waals surface area contributed by atoms with Gasteiger partial charge < -0.3 is 23.8 Å². The zero-order valence-electron chi connectivity index (χ0n) is 17.5. The van der Waals surface area contributed by atoms with Crippen LogP contribution in [0.4, 0.5) is 4.79 Å². The van der Waals surface area contributed by atoms with Crippen molar-refractivity contribution in [1.82, 2.24) is 4.90 Å². The lowest BCUT2D eigenvalue weighted by Gasteiger charge is -2.24. The molecule has 29 heavy (non-hydrogen) atoms. The van der Waals surface area contributed by atoms with Gasteiger partial charge in [-0.1, -0.05) is 30.3 Å². The molecule has 1 unspecified atom stereocenters. The van der Waals surface area contributed by atoms with Crippen LogP contribution in [0.2, 0.25) is 0 Å². The summed E-state index contributed by atoms with van der Waals surface area (Å²) in [5, 5.41) is 0. The van der Waals surface area contributed by atoms with Crippen molar-refractivity contribution in [3.63, 3.8) is 0 Å². The maximum atomic E-state index is 12.1. The monoisotopic (exact) mass is 431 g/mol. The van der Waals surface area contributed by atoms with E-state index >= 15 is 0 Å². The Bertz CT molecular complexity index is 667. The van der Waals surface area contributed by atoms with Gasteiger partial charge in [-0.05, 0) is 18.9 Å². The number of rotatable bonds is 15. The summed E-state index contributed by atoms with van der Waals surface area (Å²) in [5.41, 5.74) is 0.897. The summed E-state index contributed by atoms with van der Waals surface area (Å²) >= 11 is 0. The summed E-state index contributed by atoms with van der Waals surface area (Å²) in [6.07, 6.45) is -0.144. The maximum absolute atomic E-state index is 12.1. The molecular formula is C20H33NO7S. The fourth-order valence-electron chi connectivity index (χ4n) is 2.30. The molecule has 1 atom stereocenters. The Kier molecular flexibility index (Phi) is 12.5. The molecule has 1 rings (SSSR count). The van der Waals surface area contributed by atoms with Crippen molar-refractivity contribution >= 4 is 15.9 Å². The normalized spacial score (nSPS) is 12.5. The fraction of sp³-hybridized carbons (Fsp3) is 0.650. The van der Waals surface area contributed by atoms with Crippen LogP contribution in [0.1, 0.15) is 18.9 Å². The first-order valence-electron chi connectivity index (χ1n) is 9.64. The van der Waals surface area contributed by atoms with Crippen molar-refractivity contribution in [3.8, 4) is 0 Å². The van der Waals surface area contributed by atoms with Crippen LogP contribution >= 0.6 is 0 Å². The van der Waals surface area contributed by atoms with Crippen LogP contribution in [-0.4, -0.2) is 84.2 Å². The molecule has 0 saturated carbocycles. The molecule has 1 aromatic carbocycles. The number of hydrogen-bond donors (Lipinski definition) is 0. The predicted octanol–water partition coefficient (Wildman–Crippen LogP) is 2.13. The summed E-state index contributed by atoms with van der Waals surface area (Å²) < 4.78 is 44.9. The van der Waals surface area contributed by atoms with Gasteiger partial charge in [0.25, 0.3) is 0 Å². The molecule has 0 aliphatic rings. The van der Waals surface area contributed by atoms with Gasteiger partial charge in [-0.3, -0.25) is 0 Å². The van der Waals surface area contributed by atoms with E-state index in [0.29, 0.717) is 32.8 Å². The van der Waals surface area contributed by atoms with Crippen LogP contribution in [0.5, 0.6) is 0 Å². The third-order valence-electron chi connectivity index (χ3n) is 4.34. The third-order valence-corrected chi connectivity index (χ3v) is 5.99. The number of carbonyl (C=O) groups is 1. The van der Waals surface area contributed by atoms with Crippen LogP contribution in [0.25, 0.3) is 0 Å². The number of nitrogens with zero attached hydrogens (tertiary/aromatic N) is 1. The number of amides is 1. The predicted molar refractivity (Wildman–Crippen MR) is 111 cm³/mol. The van der Waals surface area contributed by atoms with Crippen molar-refractivity contribution in [2.24, 2.45) is 0 Å². The number of methoxy groups -OCH3 is 1. The Labute approximate surface area is 174 Å². The molecule has 0 aromatic heterocycles. The van der Waals surface area contributed by atoms with Crippen LogP contribution in [0.15, 0.2) is 30.3 Å². The first-order chi connectivity index (χ1) is 13.9. The Morgan fingerprint density at radius 3 is 2.28 bits per heavy atom. The highest BCUT2D eigenvalue weighted by molar-refractivity contribution is 7.91. The van der Waals surface area contributed by atoms with E-state index < -0.39 is 15.9 Å². The van der Waals surface area contributed by atoms with E-state index in [9.17, 15) is 13.2 Å². The number of benzene rings is 1. The number of carbonyl (C=O) groups excluding carboxylic acids is 1. The molecule has 0 heterocycles. The van der Waals surface area contributed by atoms with Gasteiger partial charge >= 0.3 is 6.09 Å². The smallest absolute Gasteiger partial charge is 0.410 e. The van der Waals surface area contributed by atoms with Crippen LogP contribution in [0, 0.1) is 0 Å². The summed E-state index contributed by atoms with van der Waals surface area (Å²) in [6.45, 7) is 3.84. The zero-order chi connectivity index (χ0) is 21.5. The molecule has 0 radical (unpaired) electrons. The maximum Gasteiger partial charge on any atom is 0.410 e. The summed E-state index contributed by atoms with van der Waals surface area (Å²) in [5.74, 6) is -0.0713. The Balaban J connectivity index is 2.21. The molecule has 0 aliphatic heterocycles. The molecular weight excluding hydrogens is 398 g/mol. The minimum atomic E-state index is -3.26. The molecule has 0 fully saturated rings. The number of hydrogen-bond acceptors (Lipinski definition) is 7. The van der Waals surface area contributed by atoms with Crippen LogP contribution in [-0.2, 0) is 35.4 Å². The summed E-state index contributed by atoms with van der Waals surface area (Å²) in [6, 6.07) is 9.12. The van der Waals surface area contributed by atoms with Crippen LogP contribution < -0.4 is 0 Å². The van der Waals surface area contributed by atoms with Crippen molar-refractivity contribution in [1.29, 1.82) is 0 Å². The highest BCUT2D eigenvalue weighted by Gasteiger charge is 2.20. The lowest BCUT2D eigenvalue weighted by molar-refractivity contribution is 0.0284. The SMILES string of the molecule is COCCOCCOCCS(=O)(=O)CCC(C)N(C)C(=O)OCc1ccccc1. The van der Waals surface area contributed by atoms with Crippen molar-refractivity contribution in [3.05, 3.63) is 35.9 Å². The zero-order valence-corrected chi connectivity index (χ0v) is 18.4. The first-order valence-corrected chi connectivity index (χ1v) is 11.5. The molecule has 0 aliphatic carbocycles. The molecule has 0 saturated heterocycles. The van der Waals surface area contributed by atoms with Gasteiger partial charge in [0.2, 0.25) is 0 Å². The molecule has 166 valence electrons. The molecule has 1 aromatic rings. The second-order valence-electron chi connectivity index (χ2n) is 6.66. The largest absolute Gasteiger partial charge is 0.445 e. The van der Waals surface area contributed by atoms with Crippen molar-refractivity contribution in [2.75, 3.05) is 58.7 Å². The van der Waals surface area contributed by atoms with E-state index in [4.69, 9.17) is 18.9 Å². The van der Waals surface area contributed by atoms with E-state index in [-0.39, 0.29) is 30.8 Å². The van der Waals surface area contributed by atoms with E-state index in [1.165, 1.54) is 4.90 Å². The molecule has 8 nitrogen and oxygen atoms in total. The van der Waals surface area contributed by atoms with Gasteiger partial charge in [0.05, 0.1) is 44.5 Å². The van der Waals surface area contributed by atoms with Gasteiger partial charge in [-0.15, -0.1) is 0 Å². The minimum absolute atomic E-state index is 0.0157. The number of ether oxygens (including phenoxy) is 4. The standard InChI is InChI=1S/C20H33NO7S/c1-18(21(2)20(22)28-17-19-7-5-4-6-8-19)9-15-29(23,24)16-14-27-13-12-26-11-10-25-3/h4-8,18H,9-17H2,1-3H3. The Morgan fingerprint density at radius 1 is 1.00 bits per heavy atom. The average molecular weight is 432 g/mol. The quantitative estimate of drug-likeness (QED) is 0.393. The molecule has 1 amide bonds. The van der Waals surface area contributed by atoms with E-state index in [1.807, 2.05) is 30.3 Å². The molecule has 0 N–H and O–H groups in total. The van der Waals surface area contributed by atoms with Gasteiger partial charge in [0, 0.05) is 20.2 Å². The van der Waals surface area contributed by atoms with E-state index in [1.54, 1.807) is 21.1 Å². The highest BCUT2D eigenvalue weighted by atomic mass is 32.2. The topological polar surface area (TPSA) is 91.4 Å². The number of sulfone groups is 1. The van der Waals surface area contributed by atoms with Crippen LogP contribution in [0.3, 0.4) is 0 Å². The second-order valence-corrected chi connectivity index (χ2v) is 8.96. The van der Waals surface area contributed by atoms with Crippen molar-refractivity contribution in [2.45, 2.75) is 26.0 Å². The molecule has 0 bridgehead atoms. The Morgan fingerprint density at radius 2 is 1.62 bits per heavy atom. The van der Waals surface area contributed by atoms with Gasteiger partial charge in [-0.25, -0.2) is 13.2 Å². The lowest BCUT2D eigenvalue weighted by Crippen LogP contribution is -2.36. The summed E-state index contributed by atoms with van der Waals surface area (Å²) in [4.78, 5) is 13.6. The average Bonchev–Trinajstić information content (AvgIpc) is 2.72. The molecule has 9 heteroatoms. The molecule has 0 spiro atoms. The highest BCUT2D eigenvalue weighted by Crippen LogP contribution is 2.08. The fourth-order valence-corrected chi connectivity index (χ4v) is 3.57. The minimum Gasteiger partial charge on any atom is -0.445 e.